The molecule has 1 saturated heterocycles. The Morgan fingerprint density at radius 2 is 2.11 bits per heavy atom. The standard InChI is InChI=1S/C16H27N3/c1-5-11-19-12-7-6-8-15(19)14-9-10-16(18(3)4)17-13(14)2/h9-10,15H,5-8,11-12H2,1-4H3/t15-/m1/s1. The minimum Gasteiger partial charge on any atom is -0.363 e. The Bertz CT molecular complexity index is 412. The zero-order valence-corrected chi connectivity index (χ0v) is 12.8. The van der Waals surface area contributed by atoms with E-state index in [1.807, 2.05) is 14.1 Å². The highest BCUT2D eigenvalue weighted by molar-refractivity contribution is 5.41. The van der Waals surface area contributed by atoms with E-state index >= 15 is 0 Å². The molecule has 0 spiro atoms. The maximum atomic E-state index is 4.74. The molecule has 0 saturated carbocycles. The summed E-state index contributed by atoms with van der Waals surface area (Å²) >= 11 is 0. The number of hydrogen-bond donors (Lipinski definition) is 0. The van der Waals surface area contributed by atoms with Crippen molar-refractivity contribution in [3.05, 3.63) is 23.4 Å². The fraction of sp³-hybridized carbons (Fsp3) is 0.688. The third-order valence-electron chi connectivity index (χ3n) is 4.05. The molecule has 2 rings (SSSR count). The first-order valence-corrected chi connectivity index (χ1v) is 7.52. The average Bonchev–Trinajstić information content (AvgIpc) is 2.40. The monoisotopic (exact) mass is 261 g/mol. The van der Waals surface area contributed by atoms with E-state index in [-0.39, 0.29) is 0 Å². The van der Waals surface area contributed by atoms with Gasteiger partial charge in [-0.3, -0.25) is 4.90 Å². The highest BCUT2D eigenvalue weighted by atomic mass is 15.2. The lowest BCUT2D eigenvalue weighted by molar-refractivity contribution is 0.148. The third-order valence-corrected chi connectivity index (χ3v) is 4.05. The molecule has 0 radical (unpaired) electrons. The van der Waals surface area contributed by atoms with Gasteiger partial charge in [-0.2, -0.15) is 0 Å². The average molecular weight is 261 g/mol. The summed E-state index contributed by atoms with van der Waals surface area (Å²) in [6.45, 7) is 6.87. The first-order valence-electron chi connectivity index (χ1n) is 7.52. The summed E-state index contributed by atoms with van der Waals surface area (Å²) in [6.07, 6.45) is 5.21. The zero-order valence-electron chi connectivity index (χ0n) is 12.8. The first-order chi connectivity index (χ1) is 9.13. The minimum absolute atomic E-state index is 0.581. The summed E-state index contributed by atoms with van der Waals surface area (Å²) in [5.41, 5.74) is 2.62. The Morgan fingerprint density at radius 3 is 2.74 bits per heavy atom. The normalized spacial score (nSPS) is 20.5. The number of nitrogens with zero attached hydrogens (tertiary/aromatic N) is 3. The Labute approximate surface area is 117 Å². The molecule has 1 aliphatic heterocycles. The van der Waals surface area contributed by atoms with Crippen LogP contribution in [0.4, 0.5) is 5.82 Å². The molecule has 0 amide bonds. The molecule has 1 aromatic heterocycles. The molecule has 106 valence electrons. The number of likely N-dealkylation sites (tertiary alicyclic amines) is 1. The van der Waals surface area contributed by atoms with Gasteiger partial charge in [0.15, 0.2) is 0 Å². The summed E-state index contributed by atoms with van der Waals surface area (Å²) in [4.78, 5) is 9.45. The molecular formula is C16H27N3. The van der Waals surface area contributed by atoms with Crippen molar-refractivity contribution in [2.75, 3.05) is 32.1 Å². The van der Waals surface area contributed by atoms with Gasteiger partial charge in [-0.05, 0) is 50.9 Å². The van der Waals surface area contributed by atoms with Crippen molar-refractivity contribution in [1.29, 1.82) is 0 Å². The molecule has 0 aliphatic carbocycles. The molecule has 1 atom stereocenters. The molecule has 0 unspecified atom stereocenters. The van der Waals surface area contributed by atoms with Crippen LogP contribution < -0.4 is 4.90 Å². The van der Waals surface area contributed by atoms with Crippen molar-refractivity contribution in [3.63, 3.8) is 0 Å². The lowest BCUT2D eigenvalue weighted by Gasteiger charge is -2.36. The quantitative estimate of drug-likeness (QED) is 0.828. The second kappa shape index (κ2) is 6.38. The van der Waals surface area contributed by atoms with Gasteiger partial charge in [0.1, 0.15) is 5.82 Å². The van der Waals surface area contributed by atoms with Crippen molar-refractivity contribution in [3.8, 4) is 0 Å². The Kier molecular flexibility index (Phi) is 4.81. The summed E-state index contributed by atoms with van der Waals surface area (Å²) in [5, 5.41) is 0. The maximum absolute atomic E-state index is 4.74. The van der Waals surface area contributed by atoms with Crippen LogP contribution in [0.2, 0.25) is 0 Å². The molecule has 0 aromatic carbocycles. The highest BCUT2D eigenvalue weighted by Crippen LogP contribution is 2.32. The van der Waals surface area contributed by atoms with Crippen LogP contribution in [0.3, 0.4) is 0 Å². The molecule has 0 bridgehead atoms. The van der Waals surface area contributed by atoms with E-state index in [0.717, 1.165) is 5.82 Å². The fourth-order valence-electron chi connectivity index (χ4n) is 3.06. The number of rotatable bonds is 4. The summed E-state index contributed by atoms with van der Waals surface area (Å²) in [7, 11) is 4.09. The summed E-state index contributed by atoms with van der Waals surface area (Å²) in [5.74, 6) is 1.05. The second-order valence-corrected chi connectivity index (χ2v) is 5.79. The molecular weight excluding hydrogens is 234 g/mol. The molecule has 3 heteroatoms. The highest BCUT2D eigenvalue weighted by Gasteiger charge is 2.24. The molecule has 3 nitrogen and oxygen atoms in total. The fourth-order valence-corrected chi connectivity index (χ4v) is 3.06. The number of pyridine rings is 1. The van der Waals surface area contributed by atoms with Crippen molar-refractivity contribution < 1.29 is 0 Å². The summed E-state index contributed by atoms with van der Waals surface area (Å²) < 4.78 is 0. The van der Waals surface area contributed by atoms with Crippen LogP contribution in [0.1, 0.15) is 49.9 Å². The Balaban J connectivity index is 2.23. The predicted molar refractivity (Wildman–Crippen MR) is 81.8 cm³/mol. The van der Waals surface area contributed by atoms with E-state index < -0.39 is 0 Å². The van der Waals surface area contributed by atoms with Crippen LogP contribution in [-0.4, -0.2) is 37.1 Å². The molecule has 1 aromatic rings. The molecule has 1 aliphatic rings. The number of piperidine rings is 1. The molecule has 2 heterocycles. The van der Waals surface area contributed by atoms with Gasteiger partial charge >= 0.3 is 0 Å². The zero-order chi connectivity index (χ0) is 13.8. The van der Waals surface area contributed by atoms with Gasteiger partial charge in [0.2, 0.25) is 0 Å². The van der Waals surface area contributed by atoms with Crippen molar-refractivity contribution in [2.24, 2.45) is 0 Å². The summed E-state index contributed by atoms with van der Waals surface area (Å²) in [6, 6.07) is 5.02. The van der Waals surface area contributed by atoms with E-state index in [9.17, 15) is 0 Å². The maximum Gasteiger partial charge on any atom is 0.128 e. The van der Waals surface area contributed by atoms with Gasteiger partial charge in [0.05, 0.1) is 0 Å². The van der Waals surface area contributed by atoms with E-state index in [4.69, 9.17) is 4.98 Å². The lowest BCUT2D eigenvalue weighted by atomic mass is 9.94. The first kappa shape index (κ1) is 14.3. The van der Waals surface area contributed by atoms with Crippen LogP contribution in [0.15, 0.2) is 12.1 Å². The van der Waals surface area contributed by atoms with Gasteiger partial charge in [-0.1, -0.05) is 19.4 Å². The molecule has 1 fully saturated rings. The number of aromatic nitrogens is 1. The van der Waals surface area contributed by atoms with E-state index in [1.54, 1.807) is 0 Å². The number of hydrogen-bond acceptors (Lipinski definition) is 3. The van der Waals surface area contributed by atoms with Crippen molar-refractivity contribution in [1.82, 2.24) is 9.88 Å². The van der Waals surface area contributed by atoms with Crippen LogP contribution in [0.5, 0.6) is 0 Å². The van der Waals surface area contributed by atoms with Gasteiger partial charge in [-0.15, -0.1) is 0 Å². The smallest absolute Gasteiger partial charge is 0.128 e. The van der Waals surface area contributed by atoms with Crippen LogP contribution in [0, 0.1) is 6.92 Å². The van der Waals surface area contributed by atoms with E-state index in [0.29, 0.717) is 6.04 Å². The molecule has 0 N–H and O–H groups in total. The SMILES string of the molecule is CCCN1CCCC[C@@H]1c1ccc(N(C)C)nc1C. The van der Waals surface area contributed by atoms with Gasteiger partial charge in [0, 0.05) is 25.8 Å². The molecule has 19 heavy (non-hydrogen) atoms. The van der Waals surface area contributed by atoms with Gasteiger partial charge in [0.25, 0.3) is 0 Å². The predicted octanol–water partition coefficient (Wildman–Crippen LogP) is 3.39. The van der Waals surface area contributed by atoms with Gasteiger partial charge < -0.3 is 4.90 Å². The minimum atomic E-state index is 0.581. The van der Waals surface area contributed by atoms with Crippen molar-refractivity contribution >= 4 is 5.82 Å². The lowest BCUT2D eigenvalue weighted by Crippen LogP contribution is -2.34. The van der Waals surface area contributed by atoms with Crippen LogP contribution in [-0.2, 0) is 0 Å². The van der Waals surface area contributed by atoms with Crippen LogP contribution >= 0.6 is 0 Å². The van der Waals surface area contributed by atoms with E-state index in [2.05, 4.69) is 35.8 Å². The van der Waals surface area contributed by atoms with Crippen LogP contribution in [0.25, 0.3) is 0 Å². The second-order valence-electron chi connectivity index (χ2n) is 5.79. The third kappa shape index (κ3) is 3.27. The largest absolute Gasteiger partial charge is 0.363 e. The van der Waals surface area contributed by atoms with Gasteiger partial charge in [-0.25, -0.2) is 4.98 Å². The number of anilines is 1. The van der Waals surface area contributed by atoms with E-state index in [1.165, 1.54) is 50.0 Å². The Morgan fingerprint density at radius 1 is 1.32 bits per heavy atom. The Hall–Kier alpha value is -1.09. The number of aryl methyl sites for hydroxylation is 1. The topological polar surface area (TPSA) is 19.4 Å². The van der Waals surface area contributed by atoms with Crippen molar-refractivity contribution in [2.45, 2.75) is 45.6 Å².